The Kier molecular flexibility index (Phi) is 8.13. The number of nitrogens with zero attached hydrogens (tertiary/aromatic N) is 1. The number of rotatable bonds is 9. The van der Waals surface area contributed by atoms with Gasteiger partial charge in [-0.05, 0) is 57.0 Å². The second kappa shape index (κ2) is 9.04. The van der Waals surface area contributed by atoms with Gasteiger partial charge in [-0.1, -0.05) is 40.5 Å². The van der Waals surface area contributed by atoms with E-state index in [4.69, 9.17) is 0 Å². The summed E-state index contributed by atoms with van der Waals surface area (Å²) in [5, 5.41) is 3.73. The Morgan fingerprint density at radius 2 is 2.05 bits per heavy atom. The third kappa shape index (κ3) is 5.37. The summed E-state index contributed by atoms with van der Waals surface area (Å²) in [6.45, 7) is 16.6. The first-order chi connectivity index (χ1) is 9.56. The van der Waals surface area contributed by atoms with E-state index in [2.05, 4.69) is 44.8 Å². The predicted molar refractivity (Wildman–Crippen MR) is 90.2 cm³/mol. The second-order valence-electron chi connectivity index (χ2n) is 7.20. The lowest BCUT2D eigenvalue weighted by Crippen LogP contribution is -2.49. The van der Waals surface area contributed by atoms with E-state index in [1.807, 2.05) is 0 Å². The summed E-state index contributed by atoms with van der Waals surface area (Å²) in [5.74, 6) is 0.905. The fourth-order valence-corrected chi connectivity index (χ4v) is 3.93. The third-order valence-electron chi connectivity index (χ3n) is 5.27. The van der Waals surface area contributed by atoms with Crippen LogP contribution in [0.1, 0.15) is 73.1 Å². The molecule has 1 rings (SSSR count). The molecule has 2 heteroatoms. The average molecular weight is 283 g/mol. The van der Waals surface area contributed by atoms with Gasteiger partial charge < -0.3 is 10.2 Å². The van der Waals surface area contributed by atoms with E-state index in [9.17, 15) is 0 Å². The highest BCUT2D eigenvalue weighted by Crippen LogP contribution is 2.40. The summed E-state index contributed by atoms with van der Waals surface area (Å²) in [5.41, 5.74) is 0.520. The van der Waals surface area contributed by atoms with Gasteiger partial charge in [0, 0.05) is 19.1 Å². The van der Waals surface area contributed by atoms with Crippen LogP contribution in [0.2, 0.25) is 0 Å². The highest BCUT2D eigenvalue weighted by molar-refractivity contribution is 4.90. The fourth-order valence-electron chi connectivity index (χ4n) is 3.93. The molecule has 0 aromatic carbocycles. The third-order valence-corrected chi connectivity index (χ3v) is 5.27. The van der Waals surface area contributed by atoms with Gasteiger partial charge in [0.15, 0.2) is 0 Å². The van der Waals surface area contributed by atoms with Gasteiger partial charge in [-0.25, -0.2) is 0 Å². The van der Waals surface area contributed by atoms with Crippen molar-refractivity contribution < 1.29 is 0 Å². The lowest BCUT2D eigenvalue weighted by atomic mass is 9.69. The minimum atomic E-state index is 0.520. The Morgan fingerprint density at radius 1 is 1.30 bits per heavy atom. The van der Waals surface area contributed by atoms with Crippen LogP contribution >= 0.6 is 0 Å². The molecular formula is C18H38N2. The molecule has 20 heavy (non-hydrogen) atoms. The summed E-state index contributed by atoms with van der Waals surface area (Å²) >= 11 is 0. The second-order valence-corrected chi connectivity index (χ2v) is 7.20. The van der Waals surface area contributed by atoms with Crippen LogP contribution in [0.15, 0.2) is 0 Å². The maximum Gasteiger partial charge on any atom is 0.00644 e. The summed E-state index contributed by atoms with van der Waals surface area (Å²) in [6.07, 6.45) is 8.20. The van der Waals surface area contributed by atoms with Crippen molar-refractivity contribution >= 4 is 0 Å². The molecule has 3 unspecified atom stereocenters. The van der Waals surface area contributed by atoms with Crippen LogP contribution in [0.4, 0.5) is 0 Å². The summed E-state index contributed by atoms with van der Waals surface area (Å²) in [6, 6.07) is 0.722. The van der Waals surface area contributed by atoms with E-state index in [0.717, 1.165) is 12.0 Å². The molecule has 0 radical (unpaired) electrons. The Bertz CT molecular complexity index is 254. The fraction of sp³-hybridized carbons (Fsp3) is 1.00. The maximum atomic E-state index is 3.73. The molecule has 0 amide bonds. The Balaban J connectivity index is 2.70. The van der Waals surface area contributed by atoms with Crippen LogP contribution in [0.3, 0.4) is 0 Å². The molecule has 2 nitrogen and oxygen atoms in total. The molecule has 0 heterocycles. The van der Waals surface area contributed by atoms with E-state index in [-0.39, 0.29) is 0 Å². The Morgan fingerprint density at radius 3 is 2.60 bits per heavy atom. The van der Waals surface area contributed by atoms with Gasteiger partial charge in [0.2, 0.25) is 0 Å². The molecule has 0 bridgehead atoms. The highest BCUT2D eigenvalue weighted by atomic mass is 15.2. The predicted octanol–water partition coefficient (Wildman–Crippen LogP) is 4.30. The molecule has 1 aliphatic carbocycles. The first-order valence-electron chi connectivity index (χ1n) is 9.01. The van der Waals surface area contributed by atoms with Crippen molar-refractivity contribution in [3.63, 3.8) is 0 Å². The largest absolute Gasteiger partial charge is 0.316 e. The van der Waals surface area contributed by atoms with Crippen molar-refractivity contribution in [3.05, 3.63) is 0 Å². The quantitative estimate of drug-likeness (QED) is 0.634. The molecule has 1 saturated carbocycles. The molecule has 1 aliphatic rings. The summed E-state index contributed by atoms with van der Waals surface area (Å²) < 4.78 is 0. The van der Waals surface area contributed by atoms with Gasteiger partial charge in [-0.2, -0.15) is 0 Å². The van der Waals surface area contributed by atoms with Crippen LogP contribution in [0, 0.1) is 11.3 Å². The summed E-state index contributed by atoms with van der Waals surface area (Å²) in [4.78, 5) is 2.71. The molecule has 0 saturated heterocycles. The molecule has 0 aromatic heterocycles. The van der Waals surface area contributed by atoms with E-state index in [0.29, 0.717) is 5.41 Å². The molecule has 1 N–H and O–H groups in total. The number of hydrogen-bond donors (Lipinski definition) is 1. The van der Waals surface area contributed by atoms with Crippen molar-refractivity contribution in [2.45, 2.75) is 79.2 Å². The van der Waals surface area contributed by atoms with Gasteiger partial charge in [-0.15, -0.1) is 0 Å². The number of nitrogens with one attached hydrogen (secondary N) is 1. The maximum absolute atomic E-state index is 3.73. The van der Waals surface area contributed by atoms with Gasteiger partial charge in [0.25, 0.3) is 0 Å². The minimum absolute atomic E-state index is 0.520. The Hall–Kier alpha value is -0.0800. The van der Waals surface area contributed by atoms with E-state index >= 15 is 0 Å². The van der Waals surface area contributed by atoms with Crippen molar-refractivity contribution in [2.24, 2.45) is 11.3 Å². The zero-order valence-corrected chi connectivity index (χ0v) is 14.7. The molecule has 0 aromatic rings. The minimum Gasteiger partial charge on any atom is -0.316 e. The Labute approximate surface area is 127 Å². The molecule has 0 aliphatic heterocycles. The first-order valence-corrected chi connectivity index (χ1v) is 9.01. The van der Waals surface area contributed by atoms with Gasteiger partial charge in [0.1, 0.15) is 0 Å². The van der Waals surface area contributed by atoms with E-state index < -0.39 is 0 Å². The van der Waals surface area contributed by atoms with Crippen LogP contribution in [-0.2, 0) is 0 Å². The van der Waals surface area contributed by atoms with E-state index in [1.165, 1.54) is 64.7 Å². The smallest absolute Gasteiger partial charge is 0.00644 e. The van der Waals surface area contributed by atoms with Gasteiger partial charge in [-0.3, -0.25) is 0 Å². The molecule has 120 valence electrons. The van der Waals surface area contributed by atoms with Crippen LogP contribution in [0.25, 0.3) is 0 Å². The monoisotopic (exact) mass is 282 g/mol. The zero-order valence-electron chi connectivity index (χ0n) is 14.7. The SMILES string of the molecule is CCCNCC1(CN(CC)C(C)CC)CCCC(C)C1. The van der Waals surface area contributed by atoms with Crippen molar-refractivity contribution in [3.8, 4) is 0 Å². The number of hydrogen-bond acceptors (Lipinski definition) is 2. The molecule has 3 atom stereocenters. The van der Waals surface area contributed by atoms with Crippen LogP contribution in [0.5, 0.6) is 0 Å². The average Bonchev–Trinajstić information content (AvgIpc) is 2.44. The van der Waals surface area contributed by atoms with Crippen molar-refractivity contribution in [2.75, 3.05) is 26.2 Å². The lowest BCUT2D eigenvalue weighted by Gasteiger charge is -2.45. The molecule has 1 fully saturated rings. The lowest BCUT2D eigenvalue weighted by molar-refractivity contribution is 0.0633. The van der Waals surface area contributed by atoms with Gasteiger partial charge in [0.05, 0.1) is 0 Å². The van der Waals surface area contributed by atoms with Crippen molar-refractivity contribution in [1.29, 1.82) is 0 Å². The first kappa shape index (κ1) is 18.0. The van der Waals surface area contributed by atoms with Crippen LogP contribution in [-0.4, -0.2) is 37.1 Å². The zero-order chi connectivity index (χ0) is 15.0. The van der Waals surface area contributed by atoms with Crippen LogP contribution < -0.4 is 5.32 Å². The summed E-state index contributed by atoms with van der Waals surface area (Å²) in [7, 11) is 0. The molecule has 0 spiro atoms. The molecular weight excluding hydrogens is 244 g/mol. The standard InChI is InChI=1S/C18H38N2/c1-6-12-19-14-18(11-9-10-16(4)13-18)15-20(8-3)17(5)7-2/h16-17,19H,6-15H2,1-5H3. The normalized spacial score (nSPS) is 28.8. The van der Waals surface area contributed by atoms with Gasteiger partial charge >= 0.3 is 0 Å². The topological polar surface area (TPSA) is 15.3 Å². The van der Waals surface area contributed by atoms with Crippen molar-refractivity contribution in [1.82, 2.24) is 10.2 Å². The highest BCUT2D eigenvalue weighted by Gasteiger charge is 2.36. The van der Waals surface area contributed by atoms with E-state index in [1.54, 1.807) is 0 Å².